The Morgan fingerprint density at radius 2 is 0.963 bits per heavy atom. The highest BCUT2D eigenvalue weighted by Crippen LogP contribution is 2.14. The number of amides is 1. The van der Waals surface area contributed by atoms with Crippen LogP contribution in [0.25, 0.3) is 0 Å². The Hall–Kier alpha value is -0.790. The van der Waals surface area contributed by atoms with E-state index in [1.807, 2.05) is 0 Å². The quantitative estimate of drug-likeness (QED) is 0.149. The second-order valence-corrected chi connectivity index (χ2v) is 8.21. The zero-order valence-electron chi connectivity index (χ0n) is 18.5. The third-order valence-electron chi connectivity index (χ3n) is 5.45. The van der Waals surface area contributed by atoms with Crippen LogP contribution in [0.15, 0.2) is 12.7 Å². The molecule has 0 radical (unpaired) electrons. The van der Waals surface area contributed by atoms with Gasteiger partial charge in [-0.25, -0.2) is 0 Å². The van der Waals surface area contributed by atoms with Gasteiger partial charge in [0.15, 0.2) is 0 Å². The van der Waals surface area contributed by atoms with Gasteiger partial charge in [-0.3, -0.25) is 4.79 Å². The van der Waals surface area contributed by atoms with Gasteiger partial charge in [0.1, 0.15) is 0 Å². The summed E-state index contributed by atoms with van der Waals surface area (Å²) < 4.78 is 0. The van der Waals surface area contributed by atoms with Crippen molar-refractivity contribution in [3.63, 3.8) is 0 Å². The van der Waals surface area contributed by atoms with Gasteiger partial charge in [-0.1, -0.05) is 129 Å². The number of hydrogen-bond donors (Lipinski definition) is 1. The molecule has 0 aromatic heterocycles. The van der Waals surface area contributed by atoms with Crippen LogP contribution in [-0.4, -0.2) is 12.5 Å². The van der Waals surface area contributed by atoms with E-state index in [0.717, 1.165) is 6.42 Å². The Bertz CT molecular complexity index is 313. The lowest BCUT2D eigenvalue weighted by Gasteiger charge is -2.04. The van der Waals surface area contributed by atoms with Gasteiger partial charge < -0.3 is 5.32 Å². The Morgan fingerprint density at radius 1 is 0.630 bits per heavy atom. The van der Waals surface area contributed by atoms with Gasteiger partial charge in [-0.15, -0.1) is 6.58 Å². The van der Waals surface area contributed by atoms with Crippen LogP contribution in [0.1, 0.15) is 135 Å². The predicted octanol–water partition coefficient (Wildman–Crippen LogP) is 8.11. The minimum atomic E-state index is 0.168. The maximum atomic E-state index is 11.4. The number of hydrogen-bond acceptors (Lipinski definition) is 1. The highest BCUT2D eigenvalue weighted by Gasteiger charge is 1.99. The highest BCUT2D eigenvalue weighted by molar-refractivity contribution is 5.75. The second kappa shape index (κ2) is 23.2. The molecule has 0 atom stereocenters. The maximum Gasteiger partial charge on any atom is 0.220 e. The largest absolute Gasteiger partial charge is 0.353 e. The zero-order chi connectivity index (χ0) is 19.8. The molecule has 0 heterocycles. The molecule has 0 rings (SSSR count). The Morgan fingerprint density at radius 3 is 1.30 bits per heavy atom. The normalized spacial score (nSPS) is 10.9. The minimum absolute atomic E-state index is 0.168. The highest BCUT2D eigenvalue weighted by atomic mass is 16.1. The minimum Gasteiger partial charge on any atom is -0.353 e. The van der Waals surface area contributed by atoms with Crippen LogP contribution < -0.4 is 5.32 Å². The Labute approximate surface area is 171 Å². The molecule has 27 heavy (non-hydrogen) atoms. The van der Waals surface area contributed by atoms with Crippen LogP contribution in [0.2, 0.25) is 0 Å². The summed E-state index contributed by atoms with van der Waals surface area (Å²) in [6.07, 6.45) is 28.7. The second-order valence-electron chi connectivity index (χ2n) is 8.21. The predicted molar refractivity (Wildman–Crippen MR) is 121 cm³/mol. The van der Waals surface area contributed by atoms with Gasteiger partial charge in [0.25, 0.3) is 0 Å². The first-order chi connectivity index (χ1) is 13.3. The van der Waals surface area contributed by atoms with E-state index in [-0.39, 0.29) is 5.91 Å². The summed E-state index contributed by atoms with van der Waals surface area (Å²) in [4.78, 5) is 11.4. The summed E-state index contributed by atoms with van der Waals surface area (Å²) in [5, 5.41) is 2.83. The molecule has 0 bridgehead atoms. The van der Waals surface area contributed by atoms with Crippen molar-refractivity contribution in [2.45, 2.75) is 135 Å². The first-order valence-electron chi connectivity index (χ1n) is 12.2. The van der Waals surface area contributed by atoms with Gasteiger partial charge in [-0.05, 0) is 6.42 Å². The first-order valence-corrected chi connectivity index (χ1v) is 12.2. The lowest BCUT2D eigenvalue weighted by Crippen LogP contribution is -2.22. The van der Waals surface area contributed by atoms with Crippen molar-refractivity contribution in [2.24, 2.45) is 0 Å². The summed E-state index contributed by atoms with van der Waals surface area (Å²) in [5.74, 6) is 0.168. The van der Waals surface area contributed by atoms with Crippen molar-refractivity contribution in [3.8, 4) is 0 Å². The van der Waals surface area contributed by atoms with E-state index in [4.69, 9.17) is 0 Å². The maximum absolute atomic E-state index is 11.4. The van der Waals surface area contributed by atoms with Crippen molar-refractivity contribution >= 4 is 5.91 Å². The molecule has 0 fully saturated rings. The van der Waals surface area contributed by atoms with Crippen molar-refractivity contribution in [1.29, 1.82) is 0 Å². The molecule has 1 N–H and O–H groups in total. The Balaban J connectivity index is 3.05. The molecule has 0 aromatic carbocycles. The van der Waals surface area contributed by atoms with Gasteiger partial charge in [-0.2, -0.15) is 0 Å². The van der Waals surface area contributed by atoms with Gasteiger partial charge in [0.2, 0.25) is 5.91 Å². The van der Waals surface area contributed by atoms with Crippen LogP contribution in [0.3, 0.4) is 0 Å². The molecule has 0 aromatic rings. The van der Waals surface area contributed by atoms with Crippen LogP contribution in [-0.2, 0) is 4.79 Å². The molecule has 0 aliphatic heterocycles. The Kier molecular flexibility index (Phi) is 22.6. The SMILES string of the molecule is C=CCNC(=O)CCCCCCCCCCCCCCCCCCCCC. The molecule has 0 unspecified atom stereocenters. The van der Waals surface area contributed by atoms with E-state index < -0.39 is 0 Å². The van der Waals surface area contributed by atoms with Gasteiger partial charge in [0.05, 0.1) is 0 Å². The standard InChI is InChI=1S/C25H49NO/c1-3-5-6-7-8-9-10-11-12-13-14-15-16-17-18-19-20-21-22-23-25(27)26-24-4-2/h4H,2-3,5-24H2,1H3,(H,26,27). The summed E-state index contributed by atoms with van der Waals surface area (Å²) in [6, 6.07) is 0. The fourth-order valence-corrected chi connectivity index (χ4v) is 3.64. The average molecular weight is 380 g/mol. The first kappa shape index (κ1) is 26.2. The van der Waals surface area contributed by atoms with Crippen LogP contribution in [0.4, 0.5) is 0 Å². The fraction of sp³-hybridized carbons (Fsp3) is 0.880. The topological polar surface area (TPSA) is 29.1 Å². The third kappa shape index (κ3) is 23.2. The van der Waals surface area contributed by atoms with E-state index >= 15 is 0 Å². The number of carbonyl (C=O) groups excluding carboxylic acids is 1. The van der Waals surface area contributed by atoms with E-state index in [1.54, 1.807) is 6.08 Å². The summed E-state index contributed by atoms with van der Waals surface area (Å²) >= 11 is 0. The average Bonchev–Trinajstić information content (AvgIpc) is 2.68. The van der Waals surface area contributed by atoms with E-state index in [1.165, 1.54) is 116 Å². The molecule has 0 aliphatic rings. The number of nitrogens with one attached hydrogen (secondary N) is 1. The van der Waals surface area contributed by atoms with E-state index in [9.17, 15) is 4.79 Å². The van der Waals surface area contributed by atoms with Gasteiger partial charge >= 0.3 is 0 Å². The van der Waals surface area contributed by atoms with E-state index in [2.05, 4.69) is 18.8 Å². The van der Waals surface area contributed by atoms with Crippen LogP contribution in [0, 0.1) is 0 Å². The monoisotopic (exact) mass is 379 g/mol. The lowest BCUT2D eigenvalue weighted by molar-refractivity contribution is -0.121. The molecule has 0 spiro atoms. The summed E-state index contributed by atoms with van der Waals surface area (Å²) in [6.45, 7) is 6.49. The molecule has 0 saturated heterocycles. The number of carbonyl (C=O) groups is 1. The molecular weight excluding hydrogens is 330 g/mol. The zero-order valence-corrected chi connectivity index (χ0v) is 18.5. The molecule has 0 saturated carbocycles. The van der Waals surface area contributed by atoms with Crippen LogP contribution in [0.5, 0.6) is 0 Å². The molecule has 160 valence electrons. The van der Waals surface area contributed by atoms with Crippen LogP contribution >= 0.6 is 0 Å². The molecule has 0 aliphatic carbocycles. The lowest BCUT2D eigenvalue weighted by atomic mass is 10.0. The molecular formula is C25H49NO. The smallest absolute Gasteiger partial charge is 0.220 e. The van der Waals surface area contributed by atoms with Crippen molar-refractivity contribution < 1.29 is 4.79 Å². The number of unbranched alkanes of at least 4 members (excludes halogenated alkanes) is 18. The summed E-state index contributed by atoms with van der Waals surface area (Å²) in [7, 11) is 0. The van der Waals surface area contributed by atoms with Crippen molar-refractivity contribution in [1.82, 2.24) is 5.32 Å². The molecule has 1 amide bonds. The van der Waals surface area contributed by atoms with Crippen molar-refractivity contribution in [3.05, 3.63) is 12.7 Å². The molecule has 2 heteroatoms. The summed E-state index contributed by atoms with van der Waals surface area (Å²) in [5.41, 5.74) is 0. The van der Waals surface area contributed by atoms with Gasteiger partial charge in [0, 0.05) is 13.0 Å². The van der Waals surface area contributed by atoms with E-state index in [0.29, 0.717) is 13.0 Å². The number of rotatable bonds is 22. The van der Waals surface area contributed by atoms with Crippen molar-refractivity contribution in [2.75, 3.05) is 6.54 Å². The fourth-order valence-electron chi connectivity index (χ4n) is 3.64. The molecule has 2 nitrogen and oxygen atoms in total. The third-order valence-corrected chi connectivity index (χ3v) is 5.45.